The van der Waals surface area contributed by atoms with E-state index in [1.807, 2.05) is 13.0 Å². The van der Waals surface area contributed by atoms with Gasteiger partial charge in [-0.2, -0.15) is 4.31 Å². The molecule has 1 saturated heterocycles. The second kappa shape index (κ2) is 11.4. The number of fused-ring (bicyclic) bond motifs is 1. The molecule has 0 unspecified atom stereocenters. The molecule has 1 atom stereocenters. The van der Waals surface area contributed by atoms with Gasteiger partial charge in [0, 0.05) is 30.3 Å². The number of sulfonamides is 2. The quantitative estimate of drug-likeness (QED) is 0.405. The van der Waals surface area contributed by atoms with Gasteiger partial charge in [-0.25, -0.2) is 16.8 Å². The van der Waals surface area contributed by atoms with E-state index >= 15 is 0 Å². The van der Waals surface area contributed by atoms with Gasteiger partial charge in [0.2, 0.25) is 15.9 Å². The lowest BCUT2D eigenvalue weighted by Gasteiger charge is -2.31. The van der Waals surface area contributed by atoms with Crippen LogP contribution in [0.5, 0.6) is 5.75 Å². The number of hydrogen-bond donors (Lipinski definition) is 1. The number of nitrogens with zero attached hydrogens (tertiary/aromatic N) is 2. The lowest BCUT2D eigenvalue weighted by Crippen LogP contribution is -2.43. The van der Waals surface area contributed by atoms with E-state index < -0.39 is 26.0 Å². The smallest absolute Gasteiger partial charge is 0.264 e. The molecule has 0 aliphatic carbocycles. The first-order valence-corrected chi connectivity index (χ1v) is 16.3. The van der Waals surface area contributed by atoms with E-state index in [2.05, 4.69) is 5.32 Å². The fraction of sp³-hybridized carbons (Fsp3) is 0.321. The number of amides is 1. The largest absolute Gasteiger partial charge is 0.494 e. The summed E-state index contributed by atoms with van der Waals surface area (Å²) >= 11 is 5.93. The zero-order valence-electron chi connectivity index (χ0n) is 21.9. The van der Waals surface area contributed by atoms with Gasteiger partial charge in [-0.1, -0.05) is 17.7 Å². The lowest BCUT2D eigenvalue weighted by atomic mass is 9.98. The number of anilines is 2. The first-order valence-electron chi connectivity index (χ1n) is 13.0. The van der Waals surface area contributed by atoms with Gasteiger partial charge in [0.1, 0.15) is 5.75 Å². The highest BCUT2D eigenvalue weighted by atomic mass is 35.5. The van der Waals surface area contributed by atoms with Crippen molar-refractivity contribution in [3.8, 4) is 5.75 Å². The molecule has 2 aliphatic rings. The van der Waals surface area contributed by atoms with Crippen LogP contribution in [0.4, 0.5) is 11.4 Å². The van der Waals surface area contributed by atoms with E-state index in [9.17, 15) is 21.6 Å². The van der Waals surface area contributed by atoms with Crippen LogP contribution >= 0.6 is 11.6 Å². The van der Waals surface area contributed by atoms with E-state index in [-0.39, 0.29) is 22.2 Å². The Balaban J connectivity index is 1.30. The summed E-state index contributed by atoms with van der Waals surface area (Å²) in [4.78, 5) is 13.5. The molecule has 0 spiro atoms. The highest BCUT2D eigenvalue weighted by molar-refractivity contribution is 7.92. The van der Waals surface area contributed by atoms with Crippen LogP contribution in [0.1, 0.15) is 25.3 Å². The van der Waals surface area contributed by atoms with E-state index in [1.165, 1.54) is 45.0 Å². The Bertz CT molecular complexity index is 1610. The molecule has 1 N–H and O–H groups in total. The second-order valence-corrected chi connectivity index (χ2v) is 14.0. The average molecular weight is 604 g/mol. The number of piperidine rings is 1. The maximum atomic E-state index is 13.3. The van der Waals surface area contributed by atoms with Crippen molar-refractivity contribution in [2.24, 2.45) is 5.92 Å². The standard InChI is InChI=1S/C28H30ClN3O6S2/c1-2-38-24-9-13-25(14-10-24)39(34,35)31-16-3-4-21(19-31)28(33)30-23-8-5-20-15-17-32(27(20)18-23)40(36,37)26-11-6-22(29)7-12-26/h5-14,18,21H,2-4,15-17,19H2,1H3,(H,30,33)/t21-/m1/s1. The molecule has 1 amide bonds. The summed E-state index contributed by atoms with van der Waals surface area (Å²) in [5.41, 5.74) is 1.82. The maximum absolute atomic E-state index is 13.3. The molecule has 3 aromatic rings. The number of benzene rings is 3. The fourth-order valence-corrected chi connectivity index (χ4v) is 8.20. The Morgan fingerprint density at radius 2 is 1.62 bits per heavy atom. The normalized spacial score (nSPS) is 17.9. The van der Waals surface area contributed by atoms with Crippen molar-refractivity contribution in [2.45, 2.75) is 36.0 Å². The molecular weight excluding hydrogens is 574 g/mol. The van der Waals surface area contributed by atoms with Gasteiger partial charge in [0.15, 0.2) is 0 Å². The molecule has 40 heavy (non-hydrogen) atoms. The number of hydrogen-bond acceptors (Lipinski definition) is 6. The molecule has 2 aliphatic heterocycles. The van der Waals surface area contributed by atoms with Crippen LogP contribution < -0.4 is 14.4 Å². The zero-order valence-corrected chi connectivity index (χ0v) is 24.3. The Morgan fingerprint density at radius 1 is 0.950 bits per heavy atom. The molecule has 0 radical (unpaired) electrons. The molecule has 1 fully saturated rings. The SMILES string of the molecule is CCOc1ccc(S(=O)(=O)N2CCC[C@@H](C(=O)Nc3ccc4c(c3)N(S(=O)(=O)c3ccc(Cl)cc3)CC4)C2)cc1. The van der Waals surface area contributed by atoms with Crippen LogP contribution in [-0.4, -0.2) is 53.3 Å². The molecular formula is C28H30ClN3O6S2. The molecule has 0 saturated carbocycles. The van der Waals surface area contributed by atoms with Gasteiger partial charge in [-0.15, -0.1) is 0 Å². The Morgan fingerprint density at radius 3 is 2.33 bits per heavy atom. The van der Waals surface area contributed by atoms with Crippen molar-refractivity contribution >= 4 is 48.9 Å². The summed E-state index contributed by atoms with van der Waals surface area (Å²) < 4.78 is 61.2. The van der Waals surface area contributed by atoms with Crippen molar-refractivity contribution in [2.75, 3.05) is 35.9 Å². The minimum Gasteiger partial charge on any atom is -0.494 e. The third kappa shape index (κ3) is 5.69. The van der Waals surface area contributed by atoms with Gasteiger partial charge >= 0.3 is 0 Å². The molecule has 0 aromatic heterocycles. The van der Waals surface area contributed by atoms with Crippen molar-refractivity contribution in [1.82, 2.24) is 4.31 Å². The Labute approximate surface area is 239 Å². The van der Waals surface area contributed by atoms with Crippen molar-refractivity contribution in [3.63, 3.8) is 0 Å². The van der Waals surface area contributed by atoms with Gasteiger partial charge in [0.05, 0.1) is 28.0 Å². The van der Waals surface area contributed by atoms with Crippen LogP contribution in [0, 0.1) is 5.92 Å². The van der Waals surface area contributed by atoms with Crippen LogP contribution in [0.3, 0.4) is 0 Å². The number of carbonyl (C=O) groups is 1. The minimum absolute atomic E-state index is 0.0589. The van der Waals surface area contributed by atoms with Crippen molar-refractivity contribution in [1.29, 1.82) is 0 Å². The van der Waals surface area contributed by atoms with Gasteiger partial charge in [-0.3, -0.25) is 9.10 Å². The molecule has 5 rings (SSSR count). The van der Waals surface area contributed by atoms with Gasteiger partial charge in [0.25, 0.3) is 10.0 Å². The summed E-state index contributed by atoms with van der Waals surface area (Å²) in [6.45, 7) is 3.01. The Hall–Kier alpha value is -3.12. The van der Waals surface area contributed by atoms with Gasteiger partial charge in [-0.05, 0) is 92.4 Å². The van der Waals surface area contributed by atoms with E-state index in [0.29, 0.717) is 61.1 Å². The second-order valence-electron chi connectivity index (χ2n) is 9.72. The minimum atomic E-state index is -3.81. The zero-order chi connectivity index (χ0) is 28.5. The molecule has 9 nitrogen and oxygen atoms in total. The van der Waals surface area contributed by atoms with E-state index in [4.69, 9.17) is 16.3 Å². The number of carbonyl (C=O) groups excluding carboxylic acids is 1. The summed E-state index contributed by atoms with van der Waals surface area (Å²) in [5, 5.41) is 3.32. The summed E-state index contributed by atoms with van der Waals surface area (Å²) in [7, 11) is -7.59. The number of ether oxygens (including phenoxy) is 1. The van der Waals surface area contributed by atoms with Crippen LogP contribution in [0.15, 0.2) is 76.5 Å². The highest BCUT2D eigenvalue weighted by Crippen LogP contribution is 2.36. The van der Waals surface area contributed by atoms with Crippen LogP contribution in [-0.2, 0) is 31.3 Å². The van der Waals surface area contributed by atoms with Crippen LogP contribution in [0.25, 0.3) is 0 Å². The highest BCUT2D eigenvalue weighted by Gasteiger charge is 2.34. The fourth-order valence-electron chi connectivity index (χ4n) is 5.05. The number of halogens is 1. The van der Waals surface area contributed by atoms with Crippen LogP contribution in [0.2, 0.25) is 5.02 Å². The molecule has 212 valence electrons. The van der Waals surface area contributed by atoms with Crippen molar-refractivity contribution < 1.29 is 26.4 Å². The number of rotatable bonds is 8. The maximum Gasteiger partial charge on any atom is 0.264 e. The third-order valence-electron chi connectivity index (χ3n) is 7.13. The topological polar surface area (TPSA) is 113 Å². The van der Waals surface area contributed by atoms with E-state index in [0.717, 1.165) is 5.56 Å². The average Bonchev–Trinajstić information content (AvgIpc) is 3.38. The lowest BCUT2D eigenvalue weighted by molar-refractivity contribution is -0.120. The predicted molar refractivity (Wildman–Crippen MR) is 154 cm³/mol. The molecule has 12 heteroatoms. The molecule has 0 bridgehead atoms. The first kappa shape index (κ1) is 28.4. The first-order chi connectivity index (χ1) is 19.1. The Kier molecular flexibility index (Phi) is 8.10. The van der Waals surface area contributed by atoms with Crippen molar-refractivity contribution in [3.05, 3.63) is 77.3 Å². The third-order valence-corrected chi connectivity index (χ3v) is 11.1. The predicted octanol–water partition coefficient (Wildman–Crippen LogP) is 4.53. The summed E-state index contributed by atoms with van der Waals surface area (Å²) in [6, 6.07) is 17.5. The monoisotopic (exact) mass is 603 g/mol. The molecule has 3 aromatic carbocycles. The number of nitrogens with one attached hydrogen (secondary N) is 1. The summed E-state index contributed by atoms with van der Waals surface area (Å²) in [6.07, 6.45) is 1.65. The van der Waals surface area contributed by atoms with Gasteiger partial charge < -0.3 is 10.1 Å². The van der Waals surface area contributed by atoms with E-state index in [1.54, 1.807) is 24.3 Å². The molecule has 2 heterocycles. The summed E-state index contributed by atoms with van der Waals surface area (Å²) in [5.74, 6) is -0.267.